The molecule has 22 heavy (non-hydrogen) atoms. The van der Waals surface area contributed by atoms with Crippen LogP contribution in [0.25, 0.3) is 6.08 Å². The van der Waals surface area contributed by atoms with E-state index in [1.54, 1.807) is 42.5 Å². The number of hydrogen-bond donors (Lipinski definition) is 0. The lowest BCUT2D eigenvalue weighted by molar-refractivity contribution is -0.113. The summed E-state index contributed by atoms with van der Waals surface area (Å²) in [6, 6.07) is 12.8. The van der Waals surface area contributed by atoms with Crippen LogP contribution in [0.1, 0.15) is 5.56 Å². The van der Waals surface area contributed by atoms with Gasteiger partial charge < -0.3 is 0 Å². The van der Waals surface area contributed by atoms with Crippen LogP contribution < -0.4 is 4.90 Å². The molecule has 0 atom stereocenters. The summed E-state index contributed by atoms with van der Waals surface area (Å²) in [5.41, 5.74) is 1.42. The fourth-order valence-corrected chi connectivity index (χ4v) is 3.42. The van der Waals surface area contributed by atoms with Gasteiger partial charge in [-0.15, -0.1) is 0 Å². The van der Waals surface area contributed by atoms with Crippen LogP contribution in [0, 0.1) is 5.82 Å². The van der Waals surface area contributed by atoms with Crippen molar-refractivity contribution in [3.63, 3.8) is 0 Å². The molecule has 0 bridgehead atoms. The highest BCUT2D eigenvalue weighted by Crippen LogP contribution is 2.36. The Kier molecular flexibility index (Phi) is 4.29. The van der Waals surface area contributed by atoms with Crippen LogP contribution in [-0.4, -0.2) is 10.2 Å². The topological polar surface area (TPSA) is 20.3 Å². The Balaban J connectivity index is 1.91. The van der Waals surface area contributed by atoms with Gasteiger partial charge in [-0.05, 0) is 48.0 Å². The molecular formula is C16H9ClFNOS2. The van der Waals surface area contributed by atoms with Gasteiger partial charge in [0.15, 0.2) is 4.32 Å². The highest BCUT2D eigenvalue weighted by molar-refractivity contribution is 8.27. The van der Waals surface area contributed by atoms with Crippen molar-refractivity contribution in [1.82, 2.24) is 0 Å². The number of rotatable bonds is 2. The summed E-state index contributed by atoms with van der Waals surface area (Å²) in [5, 5.41) is 0.594. The van der Waals surface area contributed by atoms with E-state index >= 15 is 0 Å². The fraction of sp³-hybridized carbons (Fsp3) is 0. The quantitative estimate of drug-likeness (QED) is 0.569. The molecule has 2 nitrogen and oxygen atoms in total. The number of nitrogens with zero attached hydrogens (tertiary/aromatic N) is 1. The van der Waals surface area contributed by atoms with Crippen LogP contribution in [0.15, 0.2) is 53.4 Å². The third kappa shape index (κ3) is 3.06. The van der Waals surface area contributed by atoms with Gasteiger partial charge in [0.1, 0.15) is 5.82 Å². The lowest BCUT2D eigenvalue weighted by Gasteiger charge is -2.14. The minimum Gasteiger partial charge on any atom is -0.268 e. The maximum absolute atomic E-state index is 12.9. The van der Waals surface area contributed by atoms with Gasteiger partial charge in [0.2, 0.25) is 0 Å². The number of thioether (sulfide) groups is 1. The minimum absolute atomic E-state index is 0.193. The molecule has 0 unspecified atom stereocenters. The summed E-state index contributed by atoms with van der Waals surface area (Å²) >= 11 is 12.4. The molecule has 0 aromatic heterocycles. The third-order valence-corrected chi connectivity index (χ3v) is 4.60. The number of benzene rings is 2. The van der Waals surface area contributed by atoms with Gasteiger partial charge in [-0.25, -0.2) is 4.39 Å². The number of anilines is 1. The summed E-state index contributed by atoms with van der Waals surface area (Å²) < 4.78 is 13.4. The molecule has 1 saturated heterocycles. The van der Waals surface area contributed by atoms with Gasteiger partial charge >= 0.3 is 0 Å². The van der Waals surface area contributed by atoms with E-state index in [0.717, 1.165) is 5.56 Å². The molecule has 0 N–H and O–H groups in total. The summed E-state index contributed by atoms with van der Waals surface area (Å²) in [4.78, 5) is 14.5. The zero-order valence-corrected chi connectivity index (χ0v) is 13.5. The van der Waals surface area contributed by atoms with Gasteiger partial charge in [-0.2, -0.15) is 0 Å². The highest BCUT2D eigenvalue weighted by atomic mass is 35.5. The molecule has 110 valence electrons. The molecule has 0 saturated carbocycles. The van der Waals surface area contributed by atoms with Crippen LogP contribution in [0.3, 0.4) is 0 Å². The SMILES string of the molecule is O=C1/C(=C/c2ccc(F)cc2)SC(=S)N1c1ccc(Cl)cc1. The first-order chi connectivity index (χ1) is 10.5. The predicted molar refractivity (Wildman–Crippen MR) is 93.5 cm³/mol. The number of amides is 1. The molecule has 0 radical (unpaired) electrons. The van der Waals surface area contributed by atoms with Crippen LogP contribution in [0.5, 0.6) is 0 Å². The summed E-state index contributed by atoms with van der Waals surface area (Å²) in [7, 11) is 0. The van der Waals surface area contributed by atoms with Crippen molar-refractivity contribution in [2.24, 2.45) is 0 Å². The Labute approximate surface area is 141 Å². The molecule has 1 aliphatic rings. The third-order valence-electron chi connectivity index (χ3n) is 3.05. The van der Waals surface area contributed by atoms with E-state index in [0.29, 0.717) is 19.9 Å². The first-order valence-corrected chi connectivity index (χ1v) is 7.94. The van der Waals surface area contributed by atoms with Crippen LogP contribution in [0.4, 0.5) is 10.1 Å². The maximum Gasteiger partial charge on any atom is 0.270 e. The molecule has 2 aromatic carbocycles. The normalized spacial score (nSPS) is 16.6. The fourth-order valence-electron chi connectivity index (χ4n) is 1.99. The molecule has 1 amide bonds. The van der Waals surface area contributed by atoms with Crippen molar-refractivity contribution in [3.05, 3.63) is 69.8 Å². The first-order valence-electron chi connectivity index (χ1n) is 6.34. The van der Waals surface area contributed by atoms with Crippen LogP contribution in [-0.2, 0) is 4.79 Å². The smallest absolute Gasteiger partial charge is 0.268 e. The van der Waals surface area contributed by atoms with Crippen molar-refractivity contribution < 1.29 is 9.18 Å². The second-order valence-electron chi connectivity index (χ2n) is 4.55. The second kappa shape index (κ2) is 6.20. The molecule has 6 heteroatoms. The minimum atomic E-state index is -0.314. The Hall–Kier alpha value is -1.69. The van der Waals surface area contributed by atoms with Crippen LogP contribution >= 0.6 is 35.6 Å². The standard InChI is InChI=1S/C16H9ClFNOS2/c17-11-3-7-13(8-4-11)19-15(20)14(22-16(19)21)9-10-1-5-12(18)6-2-10/h1-9H/b14-9-. The second-order valence-corrected chi connectivity index (χ2v) is 6.66. The Morgan fingerprint density at radius 3 is 2.36 bits per heavy atom. The molecule has 1 fully saturated rings. The summed E-state index contributed by atoms with van der Waals surface area (Å²) in [6.07, 6.45) is 1.70. The number of carbonyl (C=O) groups is 1. The first kappa shape index (κ1) is 15.2. The van der Waals surface area contributed by atoms with E-state index in [4.69, 9.17) is 23.8 Å². The van der Waals surface area contributed by atoms with Crippen molar-refractivity contribution in [2.75, 3.05) is 4.90 Å². The highest BCUT2D eigenvalue weighted by Gasteiger charge is 2.33. The van der Waals surface area contributed by atoms with Gasteiger partial charge in [0.05, 0.1) is 10.6 Å². The molecule has 1 heterocycles. The van der Waals surface area contributed by atoms with E-state index in [9.17, 15) is 9.18 Å². The Morgan fingerprint density at radius 1 is 1.09 bits per heavy atom. The van der Waals surface area contributed by atoms with E-state index < -0.39 is 0 Å². The van der Waals surface area contributed by atoms with E-state index in [1.165, 1.54) is 28.8 Å². The molecular weight excluding hydrogens is 341 g/mol. The molecule has 0 spiro atoms. The number of carbonyl (C=O) groups excluding carboxylic acids is 1. The predicted octanol–water partition coefficient (Wildman–Crippen LogP) is 4.88. The van der Waals surface area contributed by atoms with Crippen molar-refractivity contribution >= 4 is 57.6 Å². The van der Waals surface area contributed by atoms with Crippen molar-refractivity contribution in [2.45, 2.75) is 0 Å². The summed E-state index contributed by atoms with van der Waals surface area (Å²) in [5.74, 6) is -0.507. The van der Waals surface area contributed by atoms with E-state index in [2.05, 4.69) is 0 Å². The zero-order valence-electron chi connectivity index (χ0n) is 11.1. The average molecular weight is 350 g/mol. The number of halogens is 2. The largest absolute Gasteiger partial charge is 0.270 e. The van der Waals surface area contributed by atoms with Gasteiger partial charge in [0, 0.05) is 5.02 Å². The number of hydrogen-bond acceptors (Lipinski definition) is 3. The van der Waals surface area contributed by atoms with E-state index in [-0.39, 0.29) is 11.7 Å². The Morgan fingerprint density at radius 2 is 1.73 bits per heavy atom. The Bertz CT molecular complexity index is 772. The lowest BCUT2D eigenvalue weighted by Crippen LogP contribution is -2.27. The maximum atomic E-state index is 12.9. The monoisotopic (exact) mass is 349 g/mol. The molecule has 2 aromatic rings. The van der Waals surface area contributed by atoms with Gasteiger partial charge in [-0.1, -0.05) is 47.7 Å². The zero-order chi connectivity index (χ0) is 15.7. The summed E-state index contributed by atoms with van der Waals surface area (Å²) in [6.45, 7) is 0. The average Bonchev–Trinajstić information content (AvgIpc) is 2.77. The number of thiocarbonyl (C=S) groups is 1. The van der Waals surface area contributed by atoms with E-state index in [1.807, 2.05) is 0 Å². The van der Waals surface area contributed by atoms with Crippen molar-refractivity contribution in [3.8, 4) is 0 Å². The molecule has 1 aliphatic heterocycles. The van der Waals surface area contributed by atoms with Gasteiger partial charge in [-0.3, -0.25) is 9.69 Å². The molecule has 0 aliphatic carbocycles. The van der Waals surface area contributed by atoms with Crippen molar-refractivity contribution in [1.29, 1.82) is 0 Å². The lowest BCUT2D eigenvalue weighted by atomic mass is 10.2. The van der Waals surface area contributed by atoms with Crippen LogP contribution in [0.2, 0.25) is 5.02 Å². The molecule has 3 rings (SSSR count). The van der Waals surface area contributed by atoms with Gasteiger partial charge in [0.25, 0.3) is 5.91 Å².